The van der Waals surface area contributed by atoms with E-state index < -0.39 is 0 Å². The van der Waals surface area contributed by atoms with Gasteiger partial charge in [-0.25, -0.2) is 0 Å². The zero-order chi connectivity index (χ0) is 19.6. The lowest BCUT2D eigenvalue weighted by molar-refractivity contribution is 0.0168. The molecule has 0 aliphatic rings. The smallest absolute Gasteiger partial charge is 0.0575 e. The molecule has 0 rings (SSSR count). The summed E-state index contributed by atoms with van der Waals surface area (Å²) in [6.45, 7) is 10.6. The van der Waals surface area contributed by atoms with Crippen molar-refractivity contribution < 1.29 is 9.47 Å². The number of ether oxygens (including phenoxy) is 2. The molecule has 4 atom stereocenters. The maximum atomic E-state index is 6.15. The highest BCUT2D eigenvalue weighted by Crippen LogP contribution is 2.17. The number of rotatable bonds is 19. The molecule has 0 aromatic heterocycles. The summed E-state index contributed by atoms with van der Waals surface area (Å²) in [6, 6.07) is 0. The van der Waals surface area contributed by atoms with E-state index in [1.165, 1.54) is 38.5 Å². The average Bonchev–Trinajstić information content (AvgIpc) is 2.60. The predicted octanol–water partition coefficient (Wildman–Crippen LogP) is 7.11. The Kier molecular flexibility index (Phi) is 19.4. The molecule has 0 fully saturated rings. The maximum Gasteiger partial charge on any atom is 0.0575 e. The van der Waals surface area contributed by atoms with Crippen LogP contribution in [-0.4, -0.2) is 35.9 Å². The molecule has 0 N–H and O–H groups in total. The Labute approximate surface area is 175 Å². The fourth-order valence-electron chi connectivity index (χ4n) is 3.04. The number of hydrogen-bond donors (Lipinski definition) is 2. The maximum absolute atomic E-state index is 6.15. The van der Waals surface area contributed by atoms with Gasteiger partial charge in [0.15, 0.2) is 0 Å². The van der Waals surface area contributed by atoms with Gasteiger partial charge in [0.05, 0.1) is 12.2 Å². The monoisotopic (exact) mass is 406 g/mol. The van der Waals surface area contributed by atoms with Crippen LogP contribution in [0.2, 0.25) is 0 Å². The highest BCUT2D eigenvalue weighted by Gasteiger charge is 2.11. The van der Waals surface area contributed by atoms with Gasteiger partial charge in [0.2, 0.25) is 0 Å². The second kappa shape index (κ2) is 19.0. The molecule has 0 amide bonds. The molecule has 0 saturated carbocycles. The van der Waals surface area contributed by atoms with Gasteiger partial charge in [-0.1, -0.05) is 53.4 Å². The van der Waals surface area contributed by atoms with Crippen LogP contribution >= 0.6 is 25.3 Å². The van der Waals surface area contributed by atoms with Gasteiger partial charge in [-0.3, -0.25) is 0 Å². The first-order valence-corrected chi connectivity index (χ1v) is 12.1. The van der Waals surface area contributed by atoms with Crippen LogP contribution in [0.1, 0.15) is 105 Å². The van der Waals surface area contributed by atoms with Crippen molar-refractivity contribution in [1.82, 2.24) is 0 Å². The van der Waals surface area contributed by atoms with Crippen LogP contribution in [0.15, 0.2) is 0 Å². The van der Waals surface area contributed by atoms with Crippen LogP contribution < -0.4 is 0 Å². The molecule has 4 heteroatoms. The first kappa shape index (κ1) is 26.6. The van der Waals surface area contributed by atoms with Crippen molar-refractivity contribution in [2.45, 2.75) is 127 Å². The predicted molar refractivity (Wildman–Crippen MR) is 123 cm³/mol. The second-order valence-corrected chi connectivity index (χ2v) is 9.59. The summed E-state index contributed by atoms with van der Waals surface area (Å²) in [7, 11) is 0. The van der Waals surface area contributed by atoms with E-state index in [1.54, 1.807) is 0 Å². The van der Waals surface area contributed by atoms with Crippen molar-refractivity contribution >= 4 is 25.3 Å². The van der Waals surface area contributed by atoms with Crippen LogP contribution in [0, 0.1) is 0 Å². The lowest BCUT2D eigenvalue weighted by Gasteiger charge is -2.20. The normalized spacial score (nSPS) is 16.4. The molecule has 0 spiro atoms. The van der Waals surface area contributed by atoms with Crippen molar-refractivity contribution in [2.24, 2.45) is 0 Å². The van der Waals surface area contributed by atoms with E-state index in [1.807, 2.05) is 0 Å². The molecule has 2 nitrogen and oxygen atoms in total. The molecule has 0 saturated heterocycles. The van der Waals surface area contributed by atoms with E-state index >= 15 is 0 Å². The van der Waals surface area contributed by atoms with Crippen LogP contribution in [0.25, 0.3) is 0 Å². The molecule has 4 unspecified atom stereocenters. The minimum absolute atomic E-state index is 0.416. The van der Waals surface area contributed by atoms with Crippen LogP contribution in [0.3, 0.4) is 0 Å². The summed E-state index contributed by atoms with van der Waals surface area (Å²) in [4.78, 5) is 0. The van der Waals surface area contributed by atoms with Gasteiger partial charge in [0.25, 0.3) is 0 Å². The van der Waals surface area contributed by atoms with Crippen molar-refractivity contribution in [1.29, 1.82) is 0 Å². The Balaban J connectivity index is 3.89. The second-order valence-electron chi connectivity index (χ2n) is 7.83. The van der Waals surface area contributed by atoms with Crippen LogP contribution in [0.4, 0.5) is 0 Å². The summed E-state index contributed by atoms with van der Waals surface area (Å²) in [5.41, 5.74) is 0. The van der Waals surface area contributed by atoms with Gasteiger partial charge in [-0.15, -0.1) is 0 Å². The standard InChI is InChI=1S/C22H46O2S2/c1-5-7-11-21(15-13-19(3)25)23-17-9-10-18-24-22(12-8-6-2)16-14-20(4)26/h19-22,25-26H,5-18H2,1-4H3. The Hall–Kier alpha value is 0.620. The van der Waals surface area contributed by atoms with E-state index in [-0.39, 0.29) is 0 Å². The Morgan fingerprint density at radius 3 is 1.27 bits per heavy atom. The molecule has 0 aromatic carbocycles. The first-order chi connectivity index (χ1) is 12.5. The third kappa shape index (κ3) is 18.0. The van der Waals surface area contributed by atoms with Gasteiger partial charge in [-0.05, 0) is 61.9 Å². The van der Waals surface area contributed by atoms with Gasteiger partial charge in [0.1, 0.15) is 0 Å². The zero-order valence-electron chi connectivity index (χ0n) is 17.9. The number of hydrogen-bond acceptors (Lipinski definition) is 4. The largest absolute Gasteiger partial charge is 0.378 e. The van der Waals surface area contributed by atoms with E-state index in [0.29, 0.717) is 22.7 Å². The molecule has 0 bridgehead atoms. The third-order valence-electron chi connectivity index (χ3n) is 4.82. The third-order valence-corrected chi connectivity index (χ3v) is 5.33. The molecule has 0 heterocycles. The lowest BCUT2D eigenvalue weighted by atomic mass is 10.1. The topological polar surface area (TPSA) is 18.5 Å². The molecular formula is C22H46O2S2. The fourth-order valence-corrected chi connectivity index (χ4v) is 3.34. The highest BCUT2D eigenvalue weighted by molar-refractivity contribution is 7.81. The minimum Gasteiger partial charge on any atom is -0.378 e. The first-order valence-electron chi connectivity index (χ1n) is 11.1. The molecule has 0 aromatic rings. The molecular weight excluding hydrogens is 360 g/mol. The highest BCUT2D eigenvalue weighted by atomic mass is 32.1. The molecule has 158 valence electrons. The Morgan fingerprint density at radius 2 is 0.962 bits per heavy atom. The minimum atomic E-state index is 0.416. The average molecular weight is 407 g/mol. The van der Waals surface area contributed by atoms with Gasteiger partial charge in [-0.2, -0.15) is 25.3 Å². The Bertz CT molecular complexity index is 257. The van der Waals surface area contributed by atoms with Crippen molar-refractivity contribution in [2.75, 3.05) is 13.2 Å². The van der Waals surface area contributed by atoms with Gasteiger partial charge < -0.3 is 9.47 Å². The number of thiol groups is 2. The Morgan fingerprint density at radius 1 is 0.577 bits per heavy atom. The van der Waals surface area contributed by atoms with E-state index in [9.17, 15) is 0 Å². The van der Waals surface area contributed by atoms with Gasteiger partial charge >= 0.3 is 0 Å². The molecule has 0 radical (unpaired) electrons. The summed E-state index contributed by atoms with van der Waals surface area (Å²) >= 11 is 8.99. The van der Waals surface area contributed by atoms with Crippen molar-refractivity contribution in [3.63, 3.8) is 0 Å². The van der Waals surface area contributed by atoms with Crippen LogP contribution in [-0.2, 0) is 9.47 Å². The quantitative estimate of drug-likeness (QED) is 0.176. The molecule has 0 aliphatic carbocycles. The van der Waals surface area contributed by atoms with Crippen molar-refractivity contribution in [3.8, 4) is 0 Å². The fraction of sp³-hybridized carbons (Fsp3) is 1.00. The summed E-state index contributed by atoms with van der Waals surface area (Å²) < 4.78 is 12.3. The van der Waals surface area contributed by atoms with Crippen molar-refractivity contribution in [3.05, 3.63) is 0 Å². The summed E-state index contributed by atoms with van der Waals surface area (Å²) in [5.74, 6) is 0. The van der Waals surface area contributed by atoms with Gasteiger partial charge in [0, 0.05) is 13.2 Å². The van der Waals surface area contributed by atoms with E-state index in [0.717, 1.165) is 51.7 Å². The molecule has 26 heavy (non-hydrogen) atoms. The van der Waals surface area contributed by atoms with Crippen LogP contribution in [0.5, 0.6) is 0 Å². The van der Waals surface area contributed by atoms with E-state index in [4.69, 9.17) is 9.47 Å². The zero-order valence-corrected chi connectivity index (χ0v) is 19.7. The SMILES string of the molecule is CCCCC(CCC(C)S)OCCCCOC(CCCC)CCC(C)S. The lowest BCUT2D eigenvalue weighted by Crippen LogP contribution is -2.17. The summed E-state index contributed by atoms with van der Waals surface area (Å²) in [6.07, 6.45) is 15.0. The number of unbranched alkanes of at least 4 members (excludes halogenated alkanes) is 3. The summed E-state index contributed by atoms with van der Waals surface area (Å²) in [5, 5.41) is 0.937. The molecule has 0 aliphatic heterocycles. The van der Waals surface area contributed by atoms with E-state index in [2.05, 4.69) is 53.0 Å².